The Bertz CT molecular complexity index is 724. The van der Waals surface area contributed by atoms with Crippen LogP contribution in [0.3, 0.4) is 0 Å². The predicted molar refractivity (Wildman–Crippen MR) is 114 cm³/mol. The van der Waals surface area contributed by atoms with Gasteiger partial charge in [0.25, 0.3) is 5.91 Å². The molecule has 2 saturated heterocycles. The molecule has 29 heavy (non-hydrogen) atoms. The number of nitrogens with zero attached hydrogens (tertiary/aromatic N) is 2. The van der Waals surface area contributed by atoms with E-state index in [9.17, 15) is 9.59 Å². The molecule has 2 amide bonds. The Labute approximate surface area is 173 Å². The van der Waals surface area contributed by atoms with Crippen LogP contribution in [0, 0.1) is 0 Å². The maximum atomic E-state index is 13.1. The van der Waals surface area contributed by atoms with Crippen LogP contribution in [0.25, 0.3) is 0 Å². The number of methoxy groups -OCH3 is 1. The molecule has 160 valence electrons. The molecule has 1 aromatic carbocycles. The quantitative estimate of drug-likeness (QED) is 0.647. The van der Waals surface area contributed by atoms with Crippen LogP contribution >= 0.6 is 0 Å². The minimum Gasteiger partial charge on any atom is -0.385 e. The van der Waals surface area contributed by atoms with E-state index < -0.39 is 5.54 Å². The molecule has 2 aliphatic heterocycles. The zero-order valence-electron chi connectivity index (χ0n) is 17.9. The van der Waals surface area contributed by atoms with Gasteiger partial charge in [0, 0.05) is 58.2 Å². The van der Waals surface area contributed by atoms with Crippen LogP contribution in [0.2, 0.25) is 0 Å². The maximum absolute atomic E-state index is 13.1. The summed E-state index contributed by atoms with van der Waals surface area (Å²) in [7, 11) is 5.59. The molecule has 3 rings (SSSR count). The van der Waals surface area contributed by atoms with E-state index in [1.165, 1.54) is 0 Å². The molecule has 0 spiro atoms. The van der Waals surface area contributed by atoms with Crippen molar-refractivity contribution in [3.63, 3.8) is 0 Å². The van der Waals surface area contributed by atoms with Crippen molar-refractivity contribution < 1.29 is 14.3 Å². The van der Waals surface area contributed by atoms with E-state index in [0.29, 0.717) is 25.1 Å². The highest BCUT2D eigenvalue weighted by Crippen LogP contribution is 2.38. The Morgan fingerprint density at radius 3 is 2.90 bits per heavy atom. The molecule has 7 nitrogen and oxygen atoms in total. The topological polar surface area (TPSA) is 73.9 Å². The van der Waals surface area contributed by atoms with Gasteiger partial charge in [-0.05, 0) is 56.8 Å². The first-order valence-electron chi connectivity index (χ1n) is 10.6. The summed E-state index contributed by atoms with van der Waals surface area (Å²) in [5.74, 6) is 0.0221. The molecule has 2 atom stereocenters. The lowest BCUT2D eigenvalue weighted by Gasteiger charge is -2.40. The third-order valence-corrected chi connectivity index (χ3v) is 6.09. The number of nitrogens with one attached hydrogen (secondary N) is 2. The normalized spacial score (nSPS) is 24.0. The van der Waals surface area contributed by atoms with Gasteiger partial charge < -0.3 is 20.3 Å². The number of amides is 2. The van der Waals surface area contributed by atoms with Crippen LogP contribution < -0.4 is 15.5 Å². The van der Waals surface area contributed by atoms with E-state index in [-0.39, 0.29) is 17.9 Å². The lowest BCUT2D eigenvalue weighted by Crippen LogP contribution is -2.57. The fraction of sp³-hybridized carbons (Fsp3) is 0.636. The molecule has 1 aromatic rings. The van der Waals surface area contributed by atoms with Crippen LogP contribution in [0.15, 0.2) is 24.3 Å². The lowest BCUT2D eigenvalue weighted by atomic mass is 9.84. The van der Waals surface area contributed by atoms with Gasteiger partial charge in [-0.25, -0.2) is 0 Å². The molecule has 2 aliphatic rings. The molecule has 0 aromatic heterocycles. The maximum Gasteiger partial charge on any atom is 0.251 e. The van der Waals surface area contributed by atoms with Crippen molar-refractivity contribution in [1.29, 1.82) is 0 Å². The van der Waals surface area contributed by atoms with Crippen molar-refractivity contribution in [2.45, 2.75) is 43.7 Å². The lowest BCUT2D eigenvalue weighted by molar-refractivity contribution is -0.133. The summed E-state index contributed by atoms with van der Waals surface area (Å²) >= 11 is 0. The Morgan fingerprint density at radius 2 is 2.14 bits per heavy atom. The van der Waals surface area contributed by atoms with E-state index in [1.807, 2.05) is 43.3 Å². The van der Waals surface area contributed by atoms with E-state index in [4.69, 9.17) is 4.74 Å². The summed E-state index contributed by atoms with van der Waals surface area (Å²) in [5, 5.41) is 6.27. The molecule has 0 radical (unpaired) electrons. The van der Waals surface area contributed by atoms with Gasteiger partial charge in [0.2, 0.25) is 5.91 Å². The van der Waals surface area contributed by atoms with Crippen molar-refractivity contribution in [3.8, 4) is 0 Å². The van der Waals surface area contributed by atoms with Crippen molar-refractivity contribution in [2.75, 3.05) is 52.3 Å². The van der Waals surface area contributed by atoms with E-state index in [0.717, 1.165) is 44.5 Å². The molecule has 0 aliphatic carbocycles. The summed E-state index contributed by atoms with van der Waals surface area (Å²) in [5.41, 5.74) is 1.15. The van der Waals surface area contributed by atoms with Gasteiger partial charge in [0.1, 0.15) is 5.54 Å². The highest BCUT2D eigenvalue weighted by molar-refractivity contribution is 5.95. The number of piperidine rings is 1. The number of hydrogen-bond donors (Lipinski definition) is 2. The van der Waals surface area contributed by atoms with Gasteiger partial charge in [-0.3, -0.25) is 14.5 Å². The third-order valence-electron chi connectivity index (χ3n) is 6.09. The van der Waals surface area contributed by atoms with Crippen LogP contribution in [0.1, 0.15) is 42.5 Å². The number of hydrogen-bond acceptors (Lipinski definition) is 5. The third kappa shape index (κ3) is 4.90. The highest BCUT2D eigenvalue weighted by atomic mass is 16.5. The minimum absolute atomic E-state index is 0.0201. The fourth-order valence-corrected chi connectivity index (χ4v) is 4.55. The number of anilines is 1. The molecule has 0 saturated carbocycles. The van der Waals surface area contributed by atoms with Crippen molar-refractivity contribution >= 4 is 17.5 Å². The van der Waals surface area contributed by atoms with Gasteiger partial charge in [0.05, 0.1) is 0 Å². The predicted octanol–water partition coefficient (Wildman–Crippen LogP) is 1.63. The summed E-state index contributed by atoms with van der Waals surface area (Å²) < 4.78 is 5.07. The molecule has 0 unspecified atom stereocenters. The molecular weight excluding hydrogens is 368 g/mol. The Balaban J connectivity index is 1.65. The minimum atomic E-state index is -0.491. The second kappa shape index (κ2) is 9.59. The van der Waals surface area contributed by atoms with E-state index in [2.05, 4.69) is 15.5 Å². The Kier molecular flexibility index (Phi) is 7.14. The molecule has 0 bridgehead atoms. The fourth-order valence-electron chi connectivity index (χ4n) is 4.55. The summed E-state index contributed by atoms with van der Waals surface area (Å²) in [6.45, 7) is 2.90. The van der Waals surface area contributed by atoms with Gasteiger partial charge in [-0.2, -0.15) is 0 Å². The molecule has 2 heterocycles. The molecular formula is C22H34N4O3. The SMILES string of the molecule is COCCCNC(=O)[C@@]12CCCCN1C[C@@H](NC(=O)c1cccc(N(C)C)c1)C2. The number of ether oxygens (including phenoxy) is 1. The number of rotatable bonds is 8. The number of fused-ring (bicyclic) bond motifs is 1. The van der Waals surface area contributed by atoms with Gasteiger partial charge >= 0.3 is 0 Å². The van der Waals surface area contributed by atoms with E-state index >= 15 is 0 Å². The zero-order valence-corrected chi connectivity index (χ0v) is 17.9. The van der Waals surface area contributed by atoms with Gasteiger partial charge in [-0.1, -0.05) is 6.07 Å². The van der Waals surface area contributed by atoms with Crippen LogP contribution in [0.5, 0.6) is 0 Å². The van der Waals surface area contributed by atoms with Gasteiger partial charge in [0.15, 0.2) is 0 Å². The van der Waals surface area contributed by atoms with Crippen molar-refractivity contribution in [2.24, 2.45) is 0 Å². The monoisotopic (exact) mass is 402 g/mol. The standard InChI is InChI=1S/C22H34N4O3/c1-25(2)19-9-6-8-17(14-19)20(27)24-18-15-22(10-4-5-12-26(22)16-18)21(28)23-11-7-13-29-3/h6,8-9,14,18H,4-5,7,10-13,15-16H2,1-3H3,(H,23,28)(H,24,27)/t18-,22-/m0/s1. The molecule has 7 heteroatoms. The average Bonchev–Trinajstić information content (AvgIpc) is 3.10. The summed E-state index contributed by atoms with van der Waals surface area (Å²) in [6.07, 6.45) is 4.48. The first-order valence-corrected chi connectivity index (χ1v) is 10.6. The Morgan fingerprint density at radius 1 is 1.31 bits per heavy atom. The second-order valence-electron chi connectivity index (χ2n) is 8.36. The summed E-state index contributed by atoms with van der Waals surface area (Å²) in [6, 6.07) is 7.60. The second-order valence-corrected chi connectivity index (χ2v) is 8.36. The largest absolute Gasteiger partial charge is 0.385 e. The van der Waals surface area contributed by atoms with Crippen molar-refractivity contribution in [3.05, 3.63) is 29.8 Å². The first-order chi connectivity index (χ1) is 14.0. The average molecular weight is 403 g/mol. The number of carbonyl (C=O) groups excluding carboxylic acids is 2. The molecule has 2 fully saturated rings. The number of benzene rings is 1. The smallest absolute Gasteiger partial charge is 0.251 e. The van der Waals surface area contributed by atoms with Crippen LogP contribution in [-0.2, 0) is 9.53 Å². The van der Waals surface area contributed by atoms with Crippen molar-refractivity contribution in [1.82, 2.24) is 15.5 Å². The first kappa shape index (κ1) is 21.6. The van der Waals surface area contributed by atoms with Crippen LogP contribution in [-0.4, -0.2) is 75.7 Å². The van der Waals surface area contributed by atoms with Gasteiger partial charge in [-0.15, -0.1) is 0 Å². The van der Waals surface area contributed by atoms with Crippen LogP contribution in [0.4, 0.5) is 5.69 Å². The molecule has 2 N–H and O–H groups in total. The highest BCUT2D eigenvalue weighted by Gasteiger charge is 2.52. The number of carbonyl (C=O) groups is 2. The zero-order chi connectivity index (χ0) is 20.9. The van der Waals surface area contributed by atoms with E-state index in [1.54, 1.807) is 7.11 Å². The summed E-state index contributed by atoms with van der Waals surface area (Å²) in [4.78, 5) is 30.2. The Hall–Kier alpha value is -2.12.